The fraction of sp³-hybridized carbons (Fsp3) is 0. The highest BCUT2D eigenvalue weighted by atomic mass is 16.3. The minimum absolute atomic E-state index is 0.896. The fourth-order valence-corrected chi connectivity index (χ4v) is 7.35. The van der Waals surface area contributed by atoms with Crippen molar-refractivity contribution in [2.75, 3.05) is 0 Å². The second-order valence-electron chi connectivity index (χ2n) is 12.5. The van der Waals surface area contributed by atoms with Crippen LogP contribution in [0.4, 0.5) is 0 Å². The van der Waals surface area contributed by atoms with Crippen molar-refractivity contribution < 1.29 is 4.42 Å². The molecule has 0 radical (unpaired) electrons. The van der Waals surface area contributed by atoms with Crippen molar-refractivity contribution in [3.8, 4) is 44.5 Å². The lowest BCUT2D eigenvalue weighted by Crippen LogP contribution is -2.28. The van der Waals surface area contributed by atoms with Crippen molar-refractivity contribution >= 4 is 62.4 Å². The van der Waals surface area contributed by atoms with E-state index in [1.54, 1.807) is 0 Å². The standard InChI is InChI=1S/C47H31NO/c1-30-39(26-27-48)47(35-21-16-32(17-22-35)37-23-18-31-8-2-3-9-36(31)28-37)42-12-5-4-11-41(42)46(30)34-19-14-33(15-20-34)38-24-25-45-43(29-38)40-10-6-7-13-44(40)49-45/h2-29,48H,1H2/b39-26+,48-27?. The molecule has 1 heterocycles. The number of nitrogens with one attached hydrogen (secondary N) is 1. The molecule has 230 valence electrons. The molecule has 0 saturated carbocycles. The van der Waals surface area contributed by atoms with Crippen molar-refractivity contribution in [3.05, 3.63) is 168 Å². The van der Waals surface area contributed by atoms with Gasteiger partial charge in [-0.15, -0.1) is 0 Å². The Hall–Kier alpha value is -6.51. The Bertz CT molecular complexity index is 2840. The van der Waals surface area contributed by atoms with Gasteiger partial charge in [-0.1, -0.05) is 140 Å². The first-order chi connectivity index (χ1) is 24.2. The molecule has 1 aromatic heterocycles. The van der Waals surface area contributed by atoms with Crippen molar-refractivity contribution in [2.45, 2.75) is 0 Å². The summed E-state index contributed by atoms with van der Waals surface area (Å²) in [6.07, 6.45) is 3.25. The topological polar surface area (TPSA) is 37.0 Å². The number of benzene rings is 8. The van der Waals surface area contributed by atoms with Crippen LogP contribution in [-0.4, -0.2) is 6.21 Å². The maximum absolute atomic E-state index is 8.10. The monoisotopic (exact) mass is 625 g/mol. The molecule has 0 aliphatic rings. The van der Waals surface area contributed by atoms with Crippen LogP contribution in [0.25, 0.3) is 101 Å². The highest BCUT2D eigenvalue weighted by Crippen LogP contribution is 2.35. The lowest BCUT2D eigenvalue weighted by atomic mass is 9.87. The van der Waals surface area contributed by atoms with Gasteiger partial charge in [0.2, 0.25) is 0 Å². The van der Waals surface area contributed by atoms with E-state index in [2.05, 4.69) is 152 Å². The number of furan rings is 1. The van der Waals surface area contributed by atoms with Crippen LogP contribution in [0, 0.1) is 5.41 Å². The Kier molecular flexibility index (Phi) is 6.81. The molecule has 0 spiro atoms. The molecule has 9 rings (SSSR count). The van der Waals surface area contributed by atoms with Crippen LogP contribution in [0.3, 0.4) is 0 Å². The summed E-state index contributed by atoms with van der Waals surface area (Å²) in [5.74, 6) is 0. The quantitative estimate of drug-likeness (QED) is 0.190. The average molecular weight is 626 g/mol. The summed E-state index contributed by atoms with van der Waals surface area (Å²) >= 11 is 0. The first-order valence-electron chi connectivity index (χ1n) is 16.5. The normalized spacial score (nSPS) is 12.0. The van der Waals surface area contributed by atoms with E-state index >= 15 is 0 Å². The van der Waals surface area contributed by atoms with Crippen molar-refractivity contribution in [3.63, 3.8) is 0 Å². The molecule has 2 nitrogen and oxygen atoms in total. The lowest BCUT2D eigenvalue weighted by Gasteiger charge is -2.16. The van der Waals surface area contributed by atoms with Gasteiger partial charge in [-0.05, 0) is 107 Å². The highest BCUT2D eigenvalue weighted by Gasteiger charge is 2.15. The van der Waals surface area contributed by atoms with E-state index in [0.29, 0.717) is 0 Å². The Balaban J connectivity index is 1.14. The van der Waals surface area contributed by atoms with Gasteiger partial charge < -0.3 is 9.83 Å². The van der Waals surface area contributed by atoms with Crippen LogP contribution in [0.1, 0.15) is 0 Å². The van der Waals surface area contributed by atoms with E-state index in [-0.39, 0.29) is 0 Å². The van der Waals surface area contributed by atoms with E-state index in [9.17, 15) is 0 Å². The van der Waals surface area contributed by atoms with E-state index < -0.39 is 0 Å². The molecule has 0 saturated heterocycles. The Morgan fingerprint density at radius 1 is 0.429 bits per heavy atom. The van der Waals surface area contributed by atoms with Crippen LogP contribution in [0.5, 0.6) is 0 Å². The third-order valence-corrected chi connectivity index (χ3v) is 9.75. The number of hydrogen-bond acceptors (Lipinski definition) is 2. The third kappa shape index (κ3) is 4.85. The van der Waals surface area contributed by atoms with E-state index in [4.69, 9.17) is 9.83 Å². The predicted molar refractivity (Wildman–Crippen MR) is 208 cm³/mol. The van der Waals surface area contributed by atoms with Gasteiger partial charge in [0, 0.05) is 17.0 Å². The van der Waals surface area contributed by atoms with Gasteiger partial charge in [0.15, 0.2) is 0 Å². The minimum Gasteiger partial charge on any atom is -0.456 e. The molecule has 2 heteroatoms. The van der Waals surface area contributed by atoms with Crippen molar-refractivity contribution in [2.24, 2.45) is 0 Å². The zero-order chi connectivity index (χ0) is 32.9. The first-order valence-corrected chi connectivity index (χ1v) is 16.5. The summed E-state index contributed by atoms with van der Waals surface area (Å²) in [7, 11) is 0. The number of rotatable bonds is 5. The summed E-state index contributed by atoms with van der Waals surface area (Å²) in [4.78, 5) is 0. The smallest absolute Gasteiger partial charge is 0.135 e. The molecule has 8 aromatic carbocycles. The maximum Gasteiger partial charge on any atom is 0.135 e. The van der Waals surface area contributed by atoms with Gasteiger partial charge in [-0.25, -0.2) is 0 Å². The van der Waals surface area contributed by atoms with Gasteiger partial charge in [-0.2, -0.15) is 0 Å². The molecule has 0 amide bonds. The van der Waals surface area contributed by atoms with E-state index in [1.807, 2.05) is 18.2 Å². The average Bonchev–Trinajstić information content (AvgIpc) is 3.53. The summed E-state index contributed by atoms with van der Waals surface area (Å²) in [5, 5.41) is 17.0. The first kappa shape index (κ1) is 28.7. The van der Waals surface area contributed by atoms with Crippen LogP contribution in [0.15, 0.2) is 162 Å². The number of hydrogen-bond donors (Lipinski definition) is 1. The molecule has 0 unspecified atom stereocenters. The molecule has 9 aromatic rings. The van der Waals surface area contributed by atoms with Crippen LogP contribution in [0.2, 0.25) is 0 Å². The minimum atomic E-state index is 0.896. The number of fused-ring (bicyclic) bond motifs is 5. The Morgan fingerprint density at radius 3 is 1.65 bits per heavy atom. The van der Waals surface area contributed by atoms with Crippen molar-refractivity contribution in [1.82, 2.24) is 0 Å². The fourth-order valence-electron chi connectivity index (χ4n) is 7.35. The van der Waals surface area contributed by atoms with E-state index in [0.717, 1.165) is 76.5 Å². The Labute approximate surface area is 284 Å². The van der Waals surface area contributed by atoms with E-state index in [1.165, 1.54) is 28.1 Å². The Morgan fingerprint density at radius 2 is 0.939 bits per heavy atom. The molecule has 1 N–H and O–H groups in total. The van der Waals surface area contributed by atoms with Gasteiger partial charge >= 0.3 is 0 Å². The van der Waals surface area contributed by atoms with Gasteiger partial charge in [0.05, 0.1) is 0 Å². The third-order valence-electron chi connectivity index (χ3n) is 9.75. The van der Waals surface area contributed by atoms with Crippen LogP contribution >= 0.6 is 0 Å². The predicted octanol–water partition coefficient (Wildman–Crippen LogP) is 11.4. The molecule has 49 heavy (non-hydrogen) atoms. The molecule has 0 bridgehead atoms. The van der Waals surface area contributed by atoms with Crippen LogP contribution in [-0.2, 0) is 0 Å². The zero-order valence-corrected chi connectivity index (χ0v) is 26.8. The van der Waals surface area contributed by atoms with Gasteiger partial charge in [-0.3, -0.25) is 0 Å². The molecule has 0 fully saturated rings. The van der Waals surface area contributed by atoms with Gasteiger partial charge in [0.25, 0.3) is 0 Å². The van der Waals surface area contributed by atoms with Gasteiger partial charge in [0.1, 0.15) is 11.2 Å². The molecule has 0 aliphatic carbocycles. The summed E-state index contributed by atoms with van der Waals surface area (Å²) in [6, 6.07) is 55.8. The highest BCUT2D eigenvalue weighted by molar-refractivity contribution is 6.08. The SMILES string of the molecule is C=c1c(-c2ccc(-c3ccc4oc5ccccc5c4c3)cc2)c2ccccc2c(-c2ccc(-c3ccc4ccccc4c3)cc2)/c1=C/C=N. The number of para-hydroxylation sites is 1. The molecular formula is C47H31NO. The zero-order valence-electron chi connectivity index (χ0n) is 26.8. The maximum atomic E-state index is 8.10. The lowest BCUT2D eigenvalue weighted by molar-refractivity contribution is 0.669. The summed E-state index contributed by atoms with van der Waals surface area (Å²) < 4.78 is 6.06. The van der Waals surface area contributed by atoms with Crippen molar-refractivity contribution in [1.29, 1.82) is 5.41 Å². The molecular weight excluding hydrogens is 595 g/mol. The second kappa shape index (κ2) is 11.6. The summed E-state index contributed by atoms with van der Waals surface area (Å²) in [5.41, 5.74) is 10.8. The second-order valence-corrected chi connectivity index (χ2v) is 12.5. The molecule has 0 atom stereocenters. The summed E-state index contributed by atoms with van der Waals surface area (Å²) in [6.45, 7) is 4.64. The molecule has 0 aliphatic heterocycles. The van der Waals surface area contributed by atoms with Crippen LogP contribution < -0.4 is 10.4 Å². The largest absolute Gasteiger partial charge is 0.456 e.